The zero-order valence-electron chi connectivity index (χ0n) is 18.7. The highest BCUT2D eigenvalue weighted by atomic mass is 35.5. The number of aliphatic hydroxyl groups excluding tert-OH is 1. The summed E-state index contributed by atoms with van der Waals surface area (Å²) in [7, 11) is -3.57. The molecule has 0 aliphatic carbocycles. The number of anilines is 1. The highest BCUT2D eigenvalue weighted by molar-refractivity contribution is 7.92. The number of phenols is 1. The Labute approximate surface area is 208 Å². The Bertz CT molecular complexity index is 1300. The largest absolute Gasteiger partial charge is 0.506 e. The van der Waals surface area contributed by atoms with E-state index < -0.39 is 22.1 Å². The van der Waals surface area contributed by atoms with E-state index in [9.17, 15) is 23.4 Å². The van der Waals surface area contributed by atoms with Crippen LogP contribution < -0.4 is 14.8 Å². The Hall–Kier alpha value is -3.31. The van der Waals surface area contributed by atoms with Gasteiger partial charge in [-0.05, 0) is 53.6 Å². The Morgan fingerprint density at radius 3 is 2.43 bits per heavy atom. The van der Waals surface area contributed by atoms with Crippen LogP contribution in [0.1, 0.15) is 22.0 Å². The van der Waals surface area contributed by atoms with Crippen molar-refractivity contribution in [2.24, 2.45) is 0 Å². The minimum Gasteiger partial charge on any atom is -0.506 e. The van der Waals surface area contributed by atoms with Crippen molar-refractivity contribution in [3.8, 4) is 22.6 Å². The van der Waals surface area contributed by atoms with Crippen molar-refractivity contribution in [2.75, 3.05) is 30.7 Å². The zero-order chi connectivity index (χ0) is 25.6. The number of sulfonamides is 1. The van der Waals surface area contributed by atoms with Crippen LogP contribution in [0.5, 0.6) is 11.5 Å². The molecule has 0 bridgehead atoms. The first-order valence-corrected chi connectivity index (χ1v) is 12.8. The Morgan fingerprint density at radius 1 is 1.09 bits per heavy atom. The fraction of sp³-hybridized carbons (Fsp3) is 0.208. The SMILES string of the molecule is CS(=O)(=O)Nc1cc([C@@H](O)CNCCOc2ccc(-c3ccc(C(=O)O)cc3)c(Cl)c2)ccc1O. The quantitative estimate of drug-likeness (QED) is 0.191. The first kappa shape index (κ1) is 26.3. The average molecular weight is 521 g/mol. The highest BCUT2D eigenvalue weighted by Gasteiger charge is 2.13. The molecule has 0 spiro atoms. The van der Waals surface area contributed by atoms with Gasteiger partial charge in [0.1, 0.15) is 18.1 Å². The van der Waals surface area contributed by atoms with Crippen molar-refractivity contribution in [1.82, 2.24) is 5.32 Å². The summed E-state index contributed by atoms with van der Waals surface area (Å²) in [6.07, 6.45) is 0.0352. The van der Waals surface area contributed by atoms with E-state index in [4.69, 9.17) is 21.4 Å². The molecule has 1 atom stereocenters. The van der Waals surface area contributed by atoms with Gasteiger partial charge in [0.25, 0.3) is 0 Å². The molecule has 0 aliphatic heterocycles. The molecule has 35 heavy (non-hydrogen) atoms. The molecule has 0 aromatic heterocycles. The van der Waals surface area contributed by atoms with Crippen LogP contribution in [0.15, 0.2) is 60.7 Å². The Morgan fingerprint density at radius 2 is 1.80 bits per heavy atom. The zero-order valence-corrected chi connectivity index (χ0v) is 20.3. The van der Waals surface area contributed by atoms with Crippen LogP contribution in [-0.4, -0.2) is 55.7 Å². The molecule has 0 fully saturated rings. The summed E-state index contributed by atoms with van der Waals surface area (Å²) < 4.78 is 30.7. The van der Waals surface area contributed by atoms with Crippen molar-refractivity contribution >= 4 is 33.3 Å². The van der Waals surface area contributed by atoms with Gasteiger partial charge in [0.05, 0.1) is 28.6 Å². The van der Waals surface area contributed by atoms with E-state index in [2.05, 4.69) is 10.0 Å². The van der Waals surface area contributed by atoms with E-state index in [1.165, 1.54) is 30.3 Å². The number of phenolic OH excluding ortho intramolecular Hbond substituents is 1. The molecule has 3 aromatic rings. The summed E-state index contributed by atoms with van der Waals surface area (Å²) >= 11 is 6.37. The smallest absolute Gasteiger partial charge is 0.335 e. The fourth-order valence-corrected chi connectivity index (χ4v) is 4.09. The minimum absolute atomic E-state index is 0.00876. The number of hydrogen-bond donors (Lipinski definition) is 5. The van der Waals surface area contributed by atoms with Gasteiger partial charge in [-0.15, -0.1) is 0 Å². The van der Waals surface area contributed by atoms with Crippen LogP contribution in [-0.2, 0) is 10.0 Å². The first-order valence-electron chi connectivity index (χ1n) is 10.5. The summed E-state index contributed by atoms with van der Waals surface area (Å²) in [5, 5.41) is 32.7. The lowest BCUT2D eigenvalue weighted by Gasteiger charge is -2.15. The third kappa shape index (κ3) is 7.59. The summed E-state index contributed by atoms with van der Waals surface area (Å²) in [5.41, 5.74) is 2.15. The molecule has 0 radical (unpaired) electrons. The van der Waals surface area contributed by atoms with Crippen molar-refractivity contribution < 1.29 is 33.3 Å². The van der Waals surface area contributed by atoms with Gasteiger partial charge < -0.3 is 25.4 Å². The van der Waals surface area contributed by atoms with Gasteiger partial charge in [-0.1, -0.05) is 29.8 Å². The standard InChI is InChI=1S/C24H25ClN2O7S/c1-35(32,33)27-21-12-17(6-9-22(21)28)23(29)14-26-10-11-34-18-7-8-19(20(25)13-18)15-2-4-16(5-3-15)24(30)31/h2-9,12-13,23,26-29H,10-11,14H2,1H3,(H,30,31)/t23-/m0/s1. The van der Waals surface area contributed by atoms with E-state index in [-0.39, 0.29) is 23.5 Å². The second-order valence-electron chi connectivity index (χ2n) is 7.74. The maximum absolute atomic E-state index is 11.4. The predicted octanol–water partition coefficient (Wildman–Crippen LogP) is 3.48. The molecule has 0 saturated carbocycles. The topological polar surface area (TPSA) is 145 Å². The number of aromatic hydroxyl groups is 1. The van der Waals surface area contributed by atoms with E-state index in [1.807, 2.05) is 0 Å². The van der Waals surface area contributed by atoms with Gasteiger partial charge in [0.2, 0.25) is 10.0 Å². The molecule has 5 N–H and O–H groups in total. The Balaban J connectivity index is 1.49. The lowest BCUT2D eigenvalue weighted by atomic mass is 10.0. The third-order valence-electron chi connectivity index (χ3n) is 4.97. The van der Waals surface area contributed by atoms with Crippen LogP contribution in [0.3, 0.4) is 0 Å². The first-order chi connectivity index (χ1) is 16.5. The monoisotopic (exact) mass is 520 g/mol. The lowest BCUT2D eigenvalue weighted by molar-refractivity contribution is 0.0697. The van der Waals surface area contributed by atoms with Crippen LogP contribution in [0.2, 0.25) is 5.02 Å². The maximum Gasteiger partial charge on any atom is 0.335 e. The number of ether oxygens (including phenoxy) is 1. The van der Waals surface area contributed by atoms with Gasteiger partial charge in [-0.3, -0.25) is 4.72 Å². The molecular formula is C24H25ClN2O7S. The second kappa shape index (κ2) is 11.4. The van der Waals surface area contributed by atoms with Crippen LogP contribution in [0.25, 0.3) is 11.1 Å². The number of nitrogens with one attached hydrogen (secondary N) is 2. The number of hydrogen-bond acceptors (Lipinski definition) is 7. The van der Waals surface area contributed by atoms with Gasteiger partial charge in [-0.25, -0.2) is 13.2 Å². The molecule has 3 rings (SSSR count). The molecule has 0 unspecified atom stereocenters. The molecule has 0 amide bonds. The number of carboxylic acid groups (broad SMARTS) is 1. The summed E-state index contributed by atoms with van der Waals surface area (Å²) in [4.78, 5) is 11.0. The van der Waals surface area contributed by atoms with Gasteiger partial charge in [0.15, 0.2) is 0 Å². The van der Waals surface area contributed by atoms with Crippen molar-refractivity contribution in [2.45, 2.75) is 6.10 Å². The number of carboxylic acids is 1. The van der Waals surface area contributed by atoms with E-state index in [0.29, 0.717) is 29.5 Å². The molecule has 186 valence electrons. The predicted molar refractivity (Wildman–Crippen MR) is 134 cm³/mol. The normalized spacial score (nSPS) is 12.2. The highest BCUT2D eigenvalue weighted by Crippen LogP contribution is 2.31. The fourth-order valence-electron chi connectivity index (χ4n) is 3.25. The van der Waals surface area contributed by atoms with E-state index in [0.717, 1.165) is 17.4 Å². The number of rotatable bonds is 11. The number of aromatic carboxylic acids is 1. The molecular weight excluding hydrogens is 496 g/mol. The number of carbonyl (C=O) groups is 1. The van der Waals surface area contributed by atoms with Crippen molar-refractivity contribution in [1.29, 1.82) is 0 Å². The van der Waals surface area contributed by atoms with Crippen LogP contribution in [0.4, 0.5) is 5.69 Å². The molecule has 0 saturated heterocycles. The third-order valence-corrected chi connectivity index (χ3v) is 5.87. The number of benzene rings is 3. The molecule has 11 heteroatoms. The van der Waals surface area contributed by atoms with E-state index in [1.54, 1.807) is 30.3 Å². The van der Waals surface area contributed by atoms with Gasteiger partial charge in [0, 0.05) is 18.7 Å². The molecule has 3 aromatic carbocycles. The molecule has 0 aliphatic rings. The Kier molecular flexibility index (Phi) is 8.57. The summed E-state index contributed by atoms with van der Waals surface area (Å²) in [5.74, 6) is -0.683. The van der Waals surface area contributed by atoms with Gasteiger partial charge >= 0.3 is 5.97 Å². The van der Waals surface area contributed by atoms with Crippen LogP contribution in [0, 0.1) is 0 Å². The molecule has 9 nitrogen and oxygen atoms in total. The summed E-state index contributed by atoms with van der Waals surface area (Å²) in [6.45, 7) is 0.893. The van der Waals surface area contributed by atoms with Crippen molar-refractivity contribution in [3.63, 3.8) is 0 Å². The lowest BCUT2D eigenvalue weighted by Crippen LogP contribution is -2.26. The second-order valence-corrected chi connectivity index (χ2v) is 9.90. The van der Waals surface area contributed by atoms with Crippen molar-refractivity contribution in [3.05, 3.63) is 76.8 Å². The summed E-state index contributed by atoms with van der Waals surface area (Å²) in [6, 6.07) is 15.8. The van der Waals surface area contributed by atoms with E-state index >= 15 is 0 Å². The molecule has 0 heterocycles. The number of aliphatic hydroxyl groups is 1. The minimum atomic E-state index is -3.57. The van der Waals surface area contributed by atoms with Gasteiger partial charge in [-0.2, -0.15) is 0 Å². The maximum atomic E-state index is 11.4. The average Bonchev–Trinajstić information content (AvgIpc) is 2.79. The number of halogens is 1. The van der Waals surface area contributed by atoms with Crippen LogP contribution >= 0.6 is 11.6 Å².